The normalized spacial score (nSPS) is 11.5. The molecule has 0 aliphatic heterocycles. The van der Waals surface area contributed by atoms with Crippen LogP contribution in [0.2, 0.25) is 0 Å². The summed E-state index contributed by atoms with van der Waals surface area (Å²) in [6, 6.07) is 8.89. The van der Waals surface area contributed by atoms with Crippen LogP contribution in [0.25, 0.3) is 0 Å². The molecule has 1 aromatic heterocycles. The van der Waals surface area contributed by atoms with Gasteiger partial charge in [0.25, 0.3) is 5.91 Å². The van der Waals surface area contributed by atoms with Crippen molar-refractivity contribution in [3.8, 4) is 11.5 Å². The van der Waals surface area contributed by atoms with E-state index in [1.807, 2.05) is 31.2 Å². The van der Waals surface area contributed by atoms with E-state index in [4.69, 9.17) is 14.2 Å². The summed E-state index contributed by atoms with van der Waals surface area (Å²) >= 11 is 0. The second-order valence-electron chi connectivity index (χ2n) is 5.26. The van der Waals surface area contributed by atoms with Crippen molar-refractivity contribution in [3.63, 3.8) is 0 Å². The molecule has 2 aromatic rings. The summed E-state index contributed by atoms with van der Waals surface area (Å²) in [6.07, 6.45) is -0.333. The van der Waals surface area contributed by atoms with E-state index in [1.165, 1.54) is 13.1 Å². The fraction of sp³-hybridized carbons (Fsp3) is 0.333. The number of methoxy groups -OCH3 is 1. The van der Waals surface area contributed by atoms with Crippen LogP contribution in [-0.4, -0.2) is 37.6 Å². The molecule has 1 amide bonds. The van der Waals surface area contributed by atoms with E-state index >= 15 is 0 Å². The van der Waals surface area contributed by atoms with Crippen LogP contribution in [0.15, 0.2) is 30.3 Å². The minimum absolute atomic E-state index is 0.164. The maximum atomic E-state index is 12.0. The molecule has 0 aliphatic carbocycles. The molecular formula is C18H22N2O5. The van der Waals surface area contributed by atoms with Crippen molar-refractivity contribution in [1.29, 1.82) is 0 Å². The van der Waals surface area contributed by atoms with Crippen molar-refractivity contribution in [3.05, 3.63) is 47.3 Å². The summed E-state index contributed by atoms with van der Waals surface area (Å²) < 4.78 is 16.0. The molecule has 2 N–H and O–H groups in total. The second-order valence-corrected chi connectivity index (χ2v) is 5.26. The number of aromatic amines is 1. The minimum atomic E-state index is -0.542. The van der Waals surface area contributed by atoms with Gasteiger partial charge in [-0.3, -0.25) is 4.79 Å². The van der Waals surface area contributed by atoms with Gasteiger partial charge in [0.15, 0.2) is 5.75 Å². The van der Waals surface area contributed by atoms with Crippen molar-refractivity contribution in [2.75, 3.05) is 20.8 Å². The lowest BCUT2D eigenvalue weighted by atomic mass is 10.1. The van der Waals surface area contributed by atoms with Crippen molar-refractivity contribution >= 4 is 11.9 Å². The lowest BCUT2D eigenvalue weighted by molar-refractivity contribution is 0.0520. The lowest BCUT2D eigenvalue weighted by Gasteiger charge is -2.15. The molecule has 1 atom stereocenters. The molecule has 0 fully saturated rings. The zero-order chi connectivity index (χ0) is 18.4. The van der Waals surface area contributed by atoms with E-state index in [1.54, 1.807) is 14.0 Å². The molecule has 1 unspecified atom stereocenters. The Bertz CT molecular complexity index is 736. The molecule has 0 spiro atoms. The van der Waals surface area contributed by atoms with Crippen LogP contribution >= 0.6 is 0 Å². The summed E-state index contributed by atoms with van der Waals surface area (Å²) in [4.78, 5) is 26.7. The molecule has 25 heavy (non-hydrogen) atoms. The van der Waals surface area contributed by atoms with Crippen LogP contribution < -0.4 is 14.8 Å². The van der Waals surface area contributed by atoms with Crippen LogP contribution in [0.1, 0.15) is 46.5 Å². The fourth-order valence-electron chi connectivity index (χ4n) is 2.27. The fourth-order valence-corrected chi connectivity index (χ4v) is 2.27. The summed E-state index contributed by atoms with van der Waals surface area (Å²) in [5, 5.41) is 2.52. The Kier molecular flexibility index (Phi) is 6.05. The number of ether oxygens (including phenoxy) is 3. The number of H-pyrrole nitrogens is 1. The Labute approximate surface area is 146 Å². The van der Waals surface area contributed by atoms with Crippen LogP contribution in [-0.2, 0) is 4.74 Å². The largest absolute Gasteiger partial charge is 0.497 e. The zero-order valence-electron chi connectivity index (χ0n) is 14.7. The standard InChI is InChI=1S/C18H22N2O5/c1-5-24-18(22)14-10-15(16(20-14)17(21)19-3)25-11(2)12-6-8-13(23-4)9-7-12/h6-11,20H,5H2,1-4H3,(H,19,21). The first-order valence-electron chi connectivity index (χ1n) is 7.93. The van der Waals surface area contributed by atoms with E-state index in [0.717, 1.165) is 11.3 Å². The van der Waals surface area contributed by atoms with E-state index in [2.05, 4.69) is 10.3 Å². The van der Waals surface area contributed by atoms with Gasteiger partial charge in [0, 0.05) is 13.1 Å². The van der Waals surface area contributed by atoms with Gasteiger partial charge in [-0.25, -0.2) is 4.79 Å². The first-order valence-corrected chi connectivity index (χ1v) is 7.93. The molecular weight excluding hydrogens is 324 g/mol. The van der Waals surface area contributed by atoms with E-state index < -0.39 is 5.97 Å². The van der Waals surface area contributed by atoms with Crippen LogP contribution in [0.4, 0.5) is 0 Å². The highest BCUT2D eigenvalue weighted by Gasteiger charge is 2.22. The first kappa shape index (κ1) is 18.4. The number of amides is 1. The predicted molar refractivity (Wildman–Crippen MR) is 92.2 cm³/mol. The van der Waals surface area contributed by atoms with Crippen LogP contribution in [0.5, 0.6) is 11.5 Å². The topological polar surface area (TPSA) is 89.7 Å². The Balaban J connectivity index is 2.26. The Morgan fingerprint density at radius 1 is 1.24 bits per heavy atom. The molecule has 0 aliphatic rings. The maximum absolute atomic E-state index is 12.0. The summed E-state index contributed by atoms with van der Waals surface area (Å²) in [7, 11) is 3.10. The molecule has 0 radical (unpaired) electrons. The van der Waals surface area contributed by atoms with Crippen LogP contribution in [0, 0.1) is 0 Å². The number of nitrogens with one attached hydrogen (secondary N) is 2. The number of hydrogen-bond acceptors (Lipinski definition) is 5. The SMILES string of the molecule is CCOC(=O)c1cc(OC(C)c2ccc(OC)cc2)c(C(=O)NC)[nH]1. The van der Waals surface area contributed by atoms with Gasteiger partial charge in [0.05, 0.1) is 13.7 Å². The second kappa shape index (κ2) is 8.23. The number of carbonyl (C=O) groups is 2. The van der Waals surface area contributed by atoms with E-state index in [9.17, 15) is 9.59 Å². The van der Waals surface area contributed by atoms with Gasteiger partial charge < -0.3 is 24.5 Å². The third-order valence-corrected chi connectivity index (χ3v) is 3.62. The first-order chi connectivity index (χ1) is 12.0. The smallest absolute Gasteiger partial charge is 0.354 e. The van der Waals surface area contributed by atoms with E-state index in [-0.39, 0.29) is 35.8 Å². The molecule has 2 rings (SSSR count). The van der Waals surface area contributed by atoms with Gasteiger partial charge >= 0.3 is 5.97 Å². The lowest BCUT2D eigenvalue weighted by Crippen LogP contribution is -2.19. The van der Waals surface area contributed by atoms with Gasteiger partial charge in [-0.2, -0.15) is 0 Å². The molecule has 134 valence electrons. The molecule has 1 aromatic carbocycles. The molecule has 7 heteroatoms. The third kappa shape index (κ3) is 4.32. The summed E-state index contributed by atoms with van der Waals surface area (Å²) in [6.45, 7) is 3.81. The van der Waals surface area contributed by atoms with Gasteiger partial charge in [0.1, 0.15) is 23.2 Å². The maximum Gasteiger partial charge on any atom is 0.354 e. The third-order valence-electron chi connectivity index (χ3n) is 3.62. The average Bonchev–Trinajstić information content (AvgIpc) is 3.05. The van der Waals surface area contributed by atoms with Crippen molar-refractivity contribution in [2.24, 2.45) is 0 Å². The number of rotatable bonds is 7. The molecule has 0 saturated heterocycles. The average molecular weight is 346 g/mol. The van der Waals surface area contributed by atoms with Gasteiger partial charge in [-0.05, 0) is 31.5 Å². The number of aromatic nitrogens is 1. The number of esters is 1. The highest BCUT2D eigenvalue weighted by atomic mass is 16.5. The summed E-state index contributed by atoms with van der Waals surface area (Å²) in [5.41, 5.74) is 1.24. The monoisotopic (exact) mass is 346 g/mol. The molecule has 0 bridgehead atoms. The minimum Gasteiger partial charge on any atom is -0.497 e. The van der Waals surface area contributed by atoms with Gasteiger partial charge in [-0.1, -0.05) is 12.1 Å². The number of benzene rings is 1. The summed E-state index contributed by atoms with van der Waals surface area (Å²) in [5.74, 6) is 0.103. The highest BCUT2D eigenvalue weighted by Crippen LogP contribution is 2.27. The van der Waals surface area contributed by atoms with Crippen LogP contribution in [0.3, 0.4) is 0 Å². The number of hydrogen-bond donors (Lipinski definition) is 2. The molecule has 0 saturated carbocycles. The van der Waals surface area contributed by atoms with Crippen molar-refractivity contribution in [2.45, 2.75) is 20.0 Å². The van der Waals surface area contributed by atoms with Crippen molar-refractivity contribution in [1.82, 2.24) is 10.3 Å². The Morgan fingerprint density at radius 3 is 2.48 bits per heavy atom. The quantitative estimate of drug-likeness (QED) is 0.753. The number of carbonyl (C=O) groups excluding carboxylic acids is 2. The zero-order valence-corrected chi connectivity index (χ0v) is 14.7. The predicted octanol–water partition coefficient (Wildman–Crippen LogP) is 2.70. The highest BCUT2D eigenvalue weighted by molar-refractivity contribution is 5.98. The molecule has 7 nitrogen and oxygen atoms in total. The van der Waals surface area contributed by atoms with E-state index in [0.29, 0.717) is 0 Å². The van der Waals surface area contributed by atoms with Gasteiger partial charge in [-0.15, -0.1) is 0 Å². The Hall–Kier alpha value is -2.96. The van der Waals surface area contributed by atoms with Crippen molar-refractivity contribution < 1.29 is 23.8 Å². The Morgan fingerprint density at radius 2 is 1.92 bits per heavy atom. The molecule has 1 heterocycles. The van der Waals surface area contributed by atoms with Gasteiger partial charge in [0.2, 0.25) is 0 Å².